The van der Waals surface area contributed by atoms with Gasteiger partial charge in [-0.15, -0.1) is 0 Å². The van der Waals surface area contributed by atoms with Crippen LogP contribution in [0, 0.1) is 0 Å². The molecule has 194 valence electrons. The Morgan fingerprint density at radius 3 is 2.19 bits per heavy atom. The standard InChI is InChI=1S/C26H24F3N3O4S/c1-2-35-12-13-36-22-11-4-7-18(15-22)24(34)32-25(37)31-20-9-3-6-17(14-20)23(33)30-21-10-5-8-19(16-21)26(27,28)29/h3-11,14-16H,2,12-13H2,1H3,(H,30,33)(H2,31,32,34,37). The van der Waals surface area contributed by atoms with Crippen molar-refractivity contribution in [3.8, 4) is 5.75 Å². The van der Waals surface area contributed by atoms with Gasteiger partial charge >= 0.3 is 6.18 Å². The molecule has 0 radical (unpaired) electrons. The van der Waals surface area contributed by atoms with E-state index in [-0.39, 0.29) is 16.4 Å². The zero-order valence-corrected chi connectivity index (χ0v) is 20.5. The van der Waals surface area contributed by atoms with Crippen LogP contribution in [0.1, 0.15) is 33.2 Å². The van der Waals surface area contributed by atoms with E-state index in [0.717, 1.165) is 12.1 Å². The largest absolute Gasteiger partial charge is 0.491 e. The van der Waals surface area contributed by atoms with Crippen LogP contribution in [0.5, 0.6) is 5.75 Å². The van der Waals surface area contributed by atoms with Gasteiger partial charge in [-0.1, -0.05) is 18.2 Å². The summed E-state index contributed by atoms with van der Waals surface area (Å²) in [6, 6.07) is 17.0. The molecule has 0 aliphatic heterocycles. The van der Waals surface area contributed by atoms with Gasteiger partial charge in [0.05, 0.1) is 12.2 Å². The van der Waals surface area contributed by atoms with Crippen molar-refractivity contribution in [1.82, 2.24) is 5.32 Å². The minimum absolute atomic E-state index is 0.00470. The van der Waals surface area contributed by atoms with E-state index in [1.165, 1.54) is 24.3 Å². The van der Waals surface area contributed by atoms with E-state index < -0.39 is 23.6 Å². The molecule has 0 bridgehead atoms. The topological polar surface area (TPSA) is 88.7 Å². The highest BCUT2D eigenvalue weighted by Crippen LogP contribution is 2.30. The van der Waals surface area contributed by atoms with Crippen molar-refractivity contribution in [3.05, 3.63) is 89.5 Å². The second-order valence-electron chi connectivity index (χ2n) is 7.59. The molecule has 3 aromatic carbocycles. The van der Waals surface area contributed by atoms with Gasteiger partial charge in [0.1, 0.15) is 12.4 Å². The molecule has 0 heterocycles. The predicted octanol–water partition coefficient (Wildman–Crippen LogP) is 5.50. The number of rotatable bonds is 9. The summed E-state index contributed by atoms with van der Waals surface area (Å²) in [5.74, 6) is -0.573. The number of hydrogen-bond donors (Lipinski definition) is 3. The molecule has 0 saturated heterocycles. The van der Waals surface area contributed by atoms with E-state index in [4.69, 9.17) is 21.7 Å². The highest BCUT2D eigenvalue weighted by molar-refractivity contribution is 7.80. The third-order valence-corrected chi connectivity index (χ3v) is 5.06. The van der Waals surface area contributed by atoms with Gasteiger partial charge in [0.2, 0.25) is 0 Å². The van der Waals surface area contributed by atoms with Gasteiger partial charge in [0.25, 0.3) is 11.8 Å². The van der Waals surface area contributed by atoms with E-state index in [2.05, 4.69) is 16.0 Å². The number of ether oxygens (including phenoxy) is 2. The molecule has 0 aliphatic carbocycles. The van der Waals surface area contributed by atoms with Gasteiger partial charge in [0, 0.05) is 29.1 Å². The van der Waals surface area contributed by atoms with Crippen LogP contribution in [-0.4, -0.2) is 36.7 Å². The fourth-order valence-electron chi connectivity index (χ4n) is 3.14. The lowest BCUT2D eigenvalue weighted by Gasteiger charge is -2.12. The minimum Gasteiger partial charge on any atom is -0.491 e. The van der Waals surface area contributed by atoms with Crippen LogP contribution in [0.15, 0.2) is 72.8 Å². The number of carbonyl (C=O) groups is 2. The van der Waals surface area contributed by atoms with Crippen LogP contribution in [0.3, 0.4) is 0 Å². The predicted molar refractivity (Wildman–Crippen MR) is 138 cm³/mol. The van der Waals surface area contributed by atoms with Crippen molar-refractivity contribution < 1.29 is 32.2 Å². The molecule has 3 aromatic rings. The maximum atomic E-state index is 12.9. The average molecular weight is 532 g/mol. The summed E-state index contributed by atoms with van der Waals surface area (Å²) in [7, 11) is 0. The number of anilines is 2. The van der Waals surface area contributed by atoms with Gasteiger partial charge in [-0.25, -0.2) is 0 Å². The summed E-state index contributed by atoms with van der Waals surface area (Å²) < 4.78 is 49.5. The summed E-state index contributed by atoms with van der Waals surface area (Å²) in [6.07, 6.45) is -4.53. The third kappa shape index (κ3) is 8.58. The first-order chi connectivity index (χ1) is 17.7. The molecular formula is C26H24F3N3O4S. The lowest BCUT2D eigenvalue weighted by molar-refractivity contribution is -0.137. The smallest absolute Gasteiger partial charge is 0.416 e. The molecule has 3 rings (SSSR count). The maximum absolute atomic E-state index is 12.9. The van der Waals surface area contributed by atoms with E-state index in [1.807, 2.05) is 6.92 Å². The summed E-state index contributed by atoms with van der Waals surface area (Å²) in [6.45, 7) is 3.24. The Morgan fingerprint density at radius 2 is 1.49 bits per heavy atom. The second kappa shape index (κ2) is 12.8. The second-order valence-corrected chi connectivity index (χ2v) is 8.00. The average Bonchev–Trinajstić information content (AvgIpc) is 2.86. The number of amides is 2. The quantitative estimate of drug-likeness (QED) is 0.250. The highest BCUT2D eigenvalue weighted by Gasteiger charge is 2.30. The number of carbonyl (C=O) groups excluding carboxylic acids is 2. The molecule has 0 aliphatic rings. The fraction of sp³-hybridized carbons (Fsp3) is 0.192. The molecule has 11 heteroatoms. The molecular weight excluding hydrogens is 507 g/mol. The van der Waals surface area contributed by atoms with Crippen LogP contribution in [-0.2, 0) is 10.9 Å². The van der Waals surface area contributed by atoms with Crippen LogP contribution < -0.4 is 20.7 Å². The number of benzene rings is 3. The maximum Gasteiger partial charge on any atom is 0.416 e. The monoisotopic (exact) mass is 531 g/mol. The zero-order valence-electron chi connectivity index (χ0n) is 19.7. The van der Waals surface area contributed by atoms with Crippen molar-refractivity contribution >= 4 is 40.5 Å². The van der Waals surface area contributed by atoms with E-state index in [1.54, 1.807) is 36.4 Å². The molecule has 37 heavy (non-hydrogen) atoms. The summed E-state index contributed by atoms with van der Waals surface area (Å²) in [4.78, 5) is 25.2. The number of halogens is 3. The highest BCUT2D eigenvalue weighted by atomic mass is 32.1. The van der Waals surface area contributed by atoms with Crippen molar-refractivity contribution in [2.24, 2.45) is 0 Å². The van der Waals surface area contributed by atoms with Crippen molar-refractivity contribution in [2.75, 3.05) is 30.5 Å². The van der Waals surface area contributed by atoms with Gasteiger partial charge in [0.15, 0.2) is 5.11 Å². The lowest BCUT2D eigenvalue weighted by atomic mass is 10.1. The molecule has 7 nitrogen and oxygen atoms in total. The minimum atomic E-state index is -4.53. The van der Waals surface area contributed by atoms with Gasteiger partial charge < -0.3 is 20.1 Å². The Hall–Kier alpha value is -3.96. The van der Waals surface area contributed by atoms with Crippen molar-refractivity contribution in [1.29, 1.82) is 0 Å². The van der Waals surface area contributed by atoms with Gasteiger partial charge in [-0.3, -0.25) is 14.9 Å². The lowest BCUT2D eigenvalue weighted by Crippen LogP contribution is -2.34. The Labute approximate surface area is 217 Å². The molecule has 0 fully saturated rings. The van der Waals surface area contributed by atoms with Crippen LogP contribution in [0.4, 0.5) is 24.5 Å². The third-order valence-electron chi connectivity index (χ3n) is 4.85. The molecule has 0 aromatic heterocycles. The number of thiocarbonyl (C=S) groups is 1. The molecule has 0 spiro atoms. The van der Waals surface area contributed by atoms with E-state index in [9.17, 15) is 22.8 Å². The van der Waals surface area contributed by atoms with E-state index in [0.29, 0.717) is 36.8 Å². The molecule has 2 amide bonds. The SMILES string of the molecule is CCOCCOc1cccc(C(=O)NC(=S)Nc2cccc(C(=O)Nc3cccc(C(F)(F)F)c3)c2)c1. The first kappa shape index (κ1) is 27.6. The summed E-state index contributed by atoms with van der Waals surface area (Å²) in [5.41, 5.74) is 0.0326. The number of alkyl halides is 3. The van der Waals surface area contributed by atoms with Crippen LogP contribution >= 0.6 is 12.2 Å². The van der Waals surface area contributed by atoms with Crippen LogP contribution in [0.25, 0.3) is 0 Å². The number of nitrogens with one attached hydrogen (secondary N) is 3. The normalized spacial score (nSPS) is 10.9. The van der Waals surface area contributed by atoms with E-state index >= 15 is 0 Å². The van der Waals surface area contributed by atoms with Gasteiger partial charge in [-0.2, -0.15) is 13.2 Å². The zero-order chi connectivity index (χ0) is 26.8. The molecule has 3 N–H and O–H groups in total. The fourth-order valence-corrected chi connectivity index (χ4v) is 3.35. The first-order valence-electron chi connectivity index (χ1n) is 11.2. The first-order valence-corrected chi connectivity index (χ1v) is 11.6. The summed E-state index contributed by atoms with van der Waals surface area (Å²) >= 11 is 5.21. The number of hydrogen-bond acceptors (Lipinski definition) is 5. The Morgan fingerprint density at radius 1 is 0.838 bits per heavy atom. The Balaban J connectivity index is 1.58. The Kier molecular flexibility index (Phi) is 9.58. The van der Waals surface area contributed by atoms with Crippen molar-refractivity contribution in [3.63, 3.8) is 0 Å². The molecule has 0 atom stereocenters. The van der Waals surface area contributed by atoms with Crippen molar-refractivity contribution in [2.45, 2.75) is 13.1 Å². The molecule has 0 unspecified atom stereocenters. The van der Waals surface area contributed by atoms with Crippen LogP contribution in [0.2, 0.25) is 0 Å². The Bertz CT molecular complexity index is 1270. The van der Waals surface area contributed by atoms with Gasteiger partial charge in [-0.05, 0) is 73.7 Å². The molecule has 0 saturated carbocycles. The summed E-state index contributed by atoms with van der Waals surface area (Å²) in [5, 5.41) is 7.80.